The largest absolute Gasteiger partial charge is 0.304 e. The topological polar surface area (TPSA) is 17.3 Å². The summed E-state index contributed by atoms with van der Waals surface area (Å²) < 4.78 is 1.94. The van der Waals surface area contributed by atoms with Gasteiger partial charge in [-0.15, -0.1) is 0 Å². The van der Waals surface area contributed by atoms with Gasteiger partial charge in [0.05, 0.1) is 15.7 Å². The first kappa shape index (κ1) is 11.4. The molecule has 3 rings (SSSR count). The highest BCUT2D eigenvalue weighted by atomic mass is 35.5. The number of aromatic nitrogens is 2. The Labute approximate surface area is 111 Å². The van der Waals surface area contributed by atoms with E-state index in [1.165, 1.54) is 32.1 Å². The fourth-order valence-corrected chi connectivity index (χ4v) is 3.17. The van der Waals surface area contributed by atoms with Crippen molar-refractivity contribution in [1.82, 2.24) is 9.38 Å². The summed E-state index contributed by atoms with van der Waals surface area (Å²) in [6.45, 7) is 0. The molecule has 0 bridgehead atoms. The second-order valence-corrected chi connectivity index (χ2v) is 5.58. The molecule has 90 valence electrons. The molecule has 2 heterocycles. The van der Waals surface area contributed by atoms with Crippen molar-refractivity contribution in [3.05, 3.63) is 34.2 Å². The van der Waals surface area contributed by atoms with Gasteiger partial charge in [-0.2, -0.15) is 0 Å². The van der Waals surface area contributed by atoms with Crippen molar-refractivity contribution >= 4 is 28.8 Å². The summed E-state index contributed by atoms with van der Waals surface area (Å²) in [5.41, 5.74) is 1.98. The van der Waals surface area contributed by atoms with Crippen molar-refractivity contribution in [2.75, 3.05) is 0 Å². The van der Waals surface area contributed by atoms with E-state index in [1.54, 1.807) is 6.07 Å². The Kier molecular flexibility index (Phi) is 3.01. The molecule has 0 spiro atoms. The van der Waals surface area contributed by atoms with Crippen LogP contribution in [0.5, 0.6) is 0 Å². The van der Waals surface area contributed by atoms with E-state index in [0.29, 0.717) is 16.0 Å². The number of imidazole rings is 1. The lowest BCUT2D eigenvalue weighted by Gasteiger charge is -2.19. The summed E-state index contributed by atoms with van der Waals surface area (Å²) >= 11 is 12.1. The molecular weight excluding hydrogens is 255 g/mol. The zero-order valence-electron chi connectivity index (χ0n) is 9.50. The lowest BCUT2D eigenvalue weighted by Crippen LogP contribution is -2.04. The third kappa shape index (κ3) is 2.16. The maximum absolute atomic E-state index is 6.15. The number of fused-ring (bicyclic) bond motifs is 1. The number of pyridine rings is 1. The van der Waals surface area contributed by atoms with Crippen LogP contribution in [0.2, 0.25) is 10.0 Å². The molecule has 0 radical (unpaired) electrons. The zero-order chi connectivity index (χ0) is 11.8. The van der Waals surface area contributed by atoms with Crippen molar-refractivity contribution in [1.29, 1.82) is 0 Å². The van der Waals surface area contributed by atoms with Gasteiger partial charge in [-0.1, -0.05) is 42.5 Å². The normalized spacial score (nSPS) is 17.8. The lowest BCUT2D eigenvalue weighted by atomic mass is 9.87. The Balaban J connectivity index is 2.03. The summed E-state index contributed by atoms with van der Waals surface area (Å²) in [6, 6.07) is 1.75. The maximum Gasteiger partial charge on any atom is 0.155 e. The molecule has 17 heavy (non-hydrogen) atoms. The van der Waals surface area contributed by atoms with Crippen LogP contribution in [-0.4, -0.2) is 9.38 Å². The predicted octanol–water partition coefficient (Wildman–Crippen LogP) is 4.69. The Morgan fingerprint density at radius 2 is 1.88 bits per heavy atom. The third-order valence-electron chi connectivity index (χ3n) is 3.52. The molecule has 4 heteroatoms. The van der Waals surface area contributed by atoms with Gasteiger partial charge in [0.15, 0.2) is 5.65 Å². The molecule has 1 aliphatic rings. The molecule has 0 aromatic carbocycles. The van der Waals surface area contributed by atoms with Gasteiger partial charge in [-0.25, -0.2) is 4.98 Å². The van der Waals surface area contributed by atoms with Gasteiger partial charge < -0.3 is 4.40 Å². The second-order valence-electron chi connectivity index (χ2n) is 4.74. The average Bonchev–Trinajstić information content (AvgIpc) is 2.74. The van der Waals surface area contributed by atoms with Crippen molar-refractivity contribution in [2.45, 2.75) is 38.0 Å². The minimum absolute atomic E-state index is 0.596. The van der Waals surface area contributed by atoms with Crippen LogP contribution in [0.25, 0.3) is 5.65 Å². The number of halogens is 2. The summed E-state index contributed by atoms with van der Waals surface area (Å²) in [5, 5.41) is 1.27. The van der Waals surface area contributed by atoms with Crippen molar-refractivity contribution in [3.63, 3.8) is 0 Å². The van der Waals surface area contributed by atoms with Crippen LogP contribution in [0.1, 0.15) is 43.7 Å². The minimum Gasteiger partial charge on any atom is -0.304 e. The summed E-state index contributed by atoms with van der Waals surface area (Å²) in [4.78, 5) is 4.65. The molecule has 2 aromatic rings. The third-order valence-corrected chi connectivity index (χ3v) is 4.00. The molecule has 1 fully saturated rings. The minimum atomic E-state index is 0.596. The van der Waals surface area contributed by atoms with E-state index in [-0.39, 0.29) is 0 Å². The van der Waals surface area contributed by atoms with Gasteiger partial charge in [0.1, 0.15) is 0 Å². The van der Waals surface area contributed by atoms with Crippen molar-refractivity contribution in [2.24, 2.45) is 0 Å². The standard InChI is InChI=1S/C13H14Cl2N2/c14-10-6-11(15)13-16-12(8-17(13)7-10)9-4-2-1-3-5-9/h6-9H,1-5H2. The summed E-state index contributed by atoms with van der Waals surface area (Å²) in [7, 11) is 0. The Morgan fingerprint density at radius 3 is 2.65 bits per heavy atom. The summed E-state index contributed by atoms with van der Waals surface area (Å²) in [5.74, 6) is 0.596. The van der Waals surface area contributed by atoms with Gasteiger partial charge in [0.2, 0.25) is 0 Å². The van der Waals surface area contributed by atoms with Gasteiger partial charge in [-0.3, -0.25) is 0 Å². The van der Waals surface area contributed by atoms with E-state index in [4.69, 9.17) is 23.2 Å². The van der Waals surface area contributed by atoms with Gasteiger partial charge >= 0.3 is 0 Å². The van der Waals surface area contributed by atoms with E-state index >= 15 is 0 Å². The Bertz CT molecular complexity index is 542. The van der Waals surface area contributed by atoms with Gasteiger partial charge in [0, 0.05) is 18.3 Å². The molecule has 2 aromatic heterocycles. The monoisotopic (exact) mass is 268 g/mol. The SMILES string of the molecule is Clc1cc(Cl)c2nc(C3CCCCC3)cn2c1. The van der Waals surface area contributed by atoms with Gasteiger partial charge in [-0.05, 0) is 18.9 Å². The van der Waals surface area contributed by atoms with Crippen molar-refractivity contribution in [3.8, 4) is 0 Å². The predicted molar refractivity (Wildman–Crippen MR) is 71.0 cm³/mol. The Hall–Kier alpha value is -0.730. The molecule has 0 N–H and O–H groups in total. The quantitative estimate of drug-likeness (QED) is 0.734. The molecule has 0 saturated heterocycles. The van der Waals surface area contributed by atoms with Crippen LogP contribution in [0, 0.1) is 0 Å². The molecule has 0 unspecified atom stereocenters. The van der Waals surface area contributed by atoms with E-state index in [2.05, 4.69) is 11.2 Å². The van der Waals surface area contributed by atoms with Crippen LogP contribution in [0.3, 0.4) is 0 Å². The average molecular weight is 269 g/mol. The number of hydrogen-bond donors (Lipinski definition) is 0. The van der Waals surface area contributed by atoms with E-state index in [9.17, 15) is 0 Å². The fraction of sp³-hybridized carbons (Fsp3) is 0.462. The molecular formula is C13H14Cl2N2. The van der Waals surface area contributed by atoms with Crippen LogP contribution < -0.4 is 0 Å². The van der Waals surface area contributed by atoms with E-state index in [1.807, 2.05) is 10.6 Å². The maximum atomic E-state index is 6.15. The van der Waals surface area contributed by atoms with E-state index in [0.717, 1.165) is 11.3 Å². The molecule has 2 nitrogen and oxygen atoms in total. The first-order valence-corrected chi connectivity index (χ1v) is 6.83. The van der Waals surface area contributed by atoms with Crippen LogP contribution in [-0.2, 0) is 0 Å². The molecule has 0 atom stereocenters. The fourth-order valence-electron chi connectivity index (χ4n) is 2.64. The summed E-state index contributed by atoms with van der Waals surface area (Å²) in [6.07, 6.45) is 10.4. The van der Waals surface area contributed by atoms with E-state index < -0.39 is 0 Å². The first-order valence-electron chi connectivity index (χ1n) is 6.08. The highest BCUT2D eigenvalue weighted by Gasteiger charge is 2.19. The molecule has 0 amide bonds. The number of nitrogens with zero attached hydrogens (tertiary/aromatic N) is 2. The van der Waals surface area contributed by atoms with Crippen LogP contribution >= 0.6 is 23.2 Å². The van der Waals surface area contributed by atoms with Gasteiger partial charge in [0.25, 0.3) is 0 Å². The second kappa shape index (κ2) is 4.51. The smallest absolute Gasteiger partial charge is 0.155 e. The lowest BCUT2D eigenvalue weighted by molar-refractivity contribution is 0.438. The first-order chi connectivity index (χ1) is 8.24. The number of rotatable bonds is 1. The highest BCUT2D eigenvalue weighted by molar-refractivity contribution is 6.36. The number of hydrogen-bond acceptors (Lipinski definition) is 1. The molecule has 0 aliphatic heterocycles. The highest BCUT2D eigenvalue weighted by Crippen LogP contribution is 2.33. The van der Waals surface area contributed by atoms with Crippen molar-refractivity contribution < 1.29 is 0 Å². The van der Waals surface area contributed by atoms with Crippen LogP contribution in [0.4, 0.5) is 0 Å². The molecule has 1 aliphatic carbocycles. The molecule has 1 saturated carbocycles. The van der Waals surface area contributed by atoms with Crippen LogP contribution in [0.15, 0.2) is 18.5 Å². The zero-order valence-corrected chi connectivity index (χ0v) is 11.0. The Morgan fingerprint density at radius 1 is 1.12 bits per heavy atom.